The Balaban J connectivity index is 2.08. The van der Waals surface area contributed by atoms with Crippen LogP contribution in [0, 0.1) is 0 Å². The van der Waals surface area contributed by atoms with E-state index in [2.05, 4.69) is 15.1 Å². The molecule has 2 rings (SSSR count). The van der Waals surface area contributed by atoms with Crippen LogP contribution in [0.2, 0.25) is 0 Å². The van der Waals surface area contributed by atoms with Gasteiger partial charge in [-0.15, -0.1) is 0 Å². The molecule has 0 aliphatic heterocycles. The average molecular weight is 251 g/mol. The Morgan fingerprint density at radius 3 is 2.89 bits per heavy atom. The molecular weight excluding hydrogens is 234 g/mol. The van der Waals surface area contributed by atoms with E-state index in [1.165, 1.54) is 0 Å². The Labute approximate surface area is 105 Å². The molecule has 2 aromatic heterocycles. The molecule has 0 aliphatic rings. The van der Waals surface area contributed by atoms with E-state index in [-0.39, 0.29) is 6.10 Å². The molecule has 18 heavy (non-hydrogen) atoms. The molecule has 98 valence electrons. The Hall–Kier alpha value is -1.73. The maximum absolute atomic E-state index is 5.92. The number of aryl methyl sites for hydroxylation is 1. The molecule has 2 N–H and O–H groups in total. The first-order chi connectivity index (χ1) is 8.58. The molecule has 7 heteroatoms. The largest absolute Gasteiger partial charge is 0.377 e. The molecule has 2 aromatic rings. The van der Waals surface area contributed by atoms with Crippen molar-refractivity contribution in [3.63, 3.8) is 0 Å². The summed E-state index contributed by atoms with van der Waals surface area (Å²) in [5.41, 5.74) is 6.67. The number of ether oxygens (including phenoxy) is 1. The van der Waals surface area contributed by atoms with Crippen LogP contribution >= 0.6 is 0 Å². The molecule has 1 atom stereocenters. The van der Waals surface area contributed by atoms with Crippen LogP contribution in [0.3, 0.4) is 0 Å². The van der Waals surface area contributed by atoms with Crippen molar-refractivity contribution in [2.75, 3.05) is 6.61 Å². The number of imidazole rings is 1. The molecule has 0 fully saturated rings. The summed E-state index contributed by atoms with van der Waals surface area (Å²) in [6, 6.07) is -0.391. The number of nitrogens with zero attached hydrogens (tertiary/aromatic N) is 4. The summed E-state index contributed by atoms with van der Waals surface area (Å²) < 4.78 is 12.4. The second-order valence-electron chi connectivity index (χ2n) is 4.34. The minimum atomic E-state index is -0.391. The fourth-order valence-corrected chi connectivity index (χ4v) is 1.42. The molecule has 1 unspecified atom stereocenters. The standard InChI is InChI=1S/C11H17N5O2/c1-7(2)17-5-8(12)10-14-11(18-15-10)9-4-13-6-16(9)3/h4,6-8H,5,12H2,1-3H3. The molecule has 7 nitrogen and oxygen atoms in total. The van der Waals surface area contributed by atoms with Gasteiger partial charge in [0.1, 0.15) is 5.69 Å². The summed E-state index contributed by atoms with van der Waals surface area (Å²) in [5, 5.41) is 3.86. The van der Waals surface area contributed by atoms with Crippen LogP contribution < -0.4 is 5.73 Å². The molecule has 0 amide bonds. The zero-order valence-corrected chi connectivity index (χ0v) is 10.7. The Bertz CT molecular complexity index is 505. The van der Waals surface area contributed by atoms with Crippen LogP contribution in [0.4, 0.5) is 0 Å². The Morgan fingerprint density at radius 2 is 2.28 bits per heavy atom. The van der Waals surface area contributed by atoms with E-state index in [0.717, 1.165) is 5.69 Å². The third kappa shape index (κ3) is 2.74. The summed E-state index contributed by atoms with van der Waals surface area (Å²) in [6.07, 6.45) is 3.45. The highest BCUT2D eigenvalue weighted by Gasteiger charge is 2.17. The summed E-state index contributed by atoms with van der Waals surface area (Å²) in [6.45, 7) is 4.26. The van der Waals surface area contributed by atoms with E-state index >= 15 is 0 Å². The lowest BCUT2D eigenvalue weighted by molar-refractivity contribution is 0.0665. The van der Waals surface area contributed by atoms with Gasteiger partial charge in [-0.05, 0) is 13.8 Å². The zero-order valence-electron chi connectivity index (χ0n) is 10.7. The van der Waals surface area contributed by atoms with Crippen molar-refractivity contribution < 1.29 is 9.26 Å². The number of rotatable bonds is 5. The summed E-state index contributed by atoms with van der Waals surface area (Å²) >= 11 is 0. The van der Waals surface area contributed by atoms with Crippen LogP contribution in [0.5, 0.6) is 0 Å². The third-order valence-electron chi connectivity index (χ3n) is 2.42. The van der Waals surface area contributed by atoms with Gasteiger partial charge in [-0.2, -0.15) is 4.98 Å². The van der Waals surface area contributed by atoms with Crippen LogP contribution in [-0.2, 0) is 11.8 Å². The van der Waals surface area contributed by atoms with Gasteiger partial charge in [0.25, 0.3) is 5.89 Å². The quantitative estimate of drug-likeness (QED) is 0.848. The van der Waals surface area contributed by atoms with Crippen molar-refractivity contribution in [3.8, 4) is 11.6 Å². The summed E-state index contributed by atoms with van der Waals surface area (Å²) in [5.74, 6) is 0.844. The topological polar surface area (TPSA) is 92.0 Å². The van der Waals surface area contributed by atoms with Crippen LogP contribution in [0.1, 0.15) is 25.7 Å². The van der Waals surface area contributed by atoms with Gasteiger partial charge in [-0.25, -0.2) is 4.98 Å². The molecule has 0 aliphatic carbocycles. The van der Waals surface area contributed by atoms with Gasteiger partial charge in [0.2, 0.25) is 0 Å². The second-order valence-corrected chi connectivity index (χ2v) is 4.34. The first kappa shape index (κ1) is 12.7. The second kappa shape index (κ2) is 5.28. The molecule has 2 heterocycles. The highest BCUT2D eigenvalue weighted by atomic mass is 16.5. The average Bonchev–Trinajstić information content (AvgIpc) is 2.93. The zero-order chi connectivity index (χ0) is 13.1. The molecule has 0 saturated heterocycles. The maximum atomic E-state index is 5.92. The predicted octanol–water partition coefficient (Wildman–Crippen LogP) is 0.895. The van der Waals surface area contributed by atoms with Crippen LogP contribution in [0.25, 0.3) is 11.6 Å². The molecular formula is C11H17N5O2. The van der Waals surface area contributed by atoms with Crippen molar-refractivity contribution in [1.82, 2.24) is 19.7 Å². The van der Waals surface area contributed by atoms with Gasteiger partial charge in [-0.1, -0.05) is 5.16 Å². The maximum Gasteiger partial charge on any atom is 0.276 e. The van der Waals surface area contributed by atoms with Crippen molar-refractivity contribution in [1.29, 1.82) is 0 Å². The molecule has 0 spiro atoms. The monoisotopic (exact) mass is 251 g/mol. The van der Waals surface area contributed by atoms with Gasteiger partial charge in [0.05, 0.1) is 31.3 Å². The van der Waals surface area contributed by atoms with E-state index in [1.54, 1.807) is 17.1 Å². The van der Waals surface area contributed by atoms with E-state index < -0.39 is 6.04 Å². The Morgan fingerprint density at radius 1 is 1.50 bits per heavy atom. The highest BCUT2D eigenvalue weighted by molar-refractivity contribution is 5.45. The van der Waals surface area contributed by atoms with E-state index in [1.807, 2.05) is 20.9 Å². The smallest absolute Gasteiger partial charge is 0.276 e. The van der Waals surface area contributed by atoms with Gasteiger partial charge < -0.3 is 19.6 Å². The minimum absolute atomic E-state index is 0.125. The third-order valence-corrected chi connectivity index (χ3v) is 2.42. The molecule has 0 aromatic carbocycles. The summed E-state index contributed by atoms with van der Waals surface area (Å²) in [4.78, 5) is 8.24. The fraction of sp³-hybridized carbons (Fsp3) is 0.545. The van der Waals surface area contributed by atoms with Crippen molar-refractivity contribution in [2.45, 2.75) is 26.0 Å². The lowest BCUT2D eigenvalue weighted by Crippen LogP contribution is -2.20. The summed E-state index contributed by atoms with van der Waals surface area (Å²) in [7, 11) is 1.86. The number of aromatic nitrogens is 4. The van der Waals surface area contributed by atoms with Crippen LogP contribution in [-0.4, -0.2) is 32.4 Å². The highest BCUT2D eigenvalue weighted by Crippen LogP contribution is 2.17. The fourth-order valence-electron chi connectivity index (χ4n) is 1.42. The van der Waals surface area contributed by atoms with E-state index in [4.69, 9.17) is 15.0 Å². The SMILES string of the molecule is CC(C)OCC(N)c1noc(-c2cncn2C)n1. The minimum Gasteiger partial charge on any atom is -0.377 e. The van der Waals surface area contributed by atoms with Crippen LogP contribution in [0.15, 0.2) is 17.0 Å². The first-order valence-electron chi connectivity index (χ1n) is 5.75. The molecule has 0 radical (unpaired) electrons. The normalized spacial score (nSPS) is 13.2. The van der Waals surface area contributed by atoms with Crippen molar-refractivity contribution in [3.05, 3.63) is 18.3 Å². The lowest BCUT2D eigenvalue weighted by Gasteiger charge is -2.10. The number of hydrogen-bond acceptors (Lipinski definition) is 6. The van der Waals surface area contributed by atoms with Crippen molar-refractivity contribution >= 4 is 0 Å². The van der Waals surface area contributed by atoms with Gasteiger partial charge in [0, 0.05) is 7.05 Å². The number of hydrogen-bond donors (Lipinski definition) is 1. The predicted molar refractivity (Wildman–Crippen MR) is 64.5 cm³/mol. The number of nitrogens with two attached hydrogens (primary N) is 1. The van der Waals surface area contributed by atoms with E-state index in [0.29, 0.717) is 18.3 Å². The lowest BCUT2D eigenvalue weighted by atomic mass is 10.3. The molecule has 0 bridgehead atoms. The first-order valence-corrected chi connectivity index (χ1v) is 5.75. The van der Waals surface area contributed by atoms with E-state index in [9.17, 15) is 0 Å². The van der Waals surface area contributed by atoms with Gasteiger partial charge in [0.15, 0.2) is 5.82 Å². The molecule has 0 saturated carbocycles. The van der Waals surface area contributed by atoms with Gasteiger partial charge in [-0.3, -0.25) is 0 Å². The van der Waals surface area contributed by atoms with Crippen molar-refractivity contribution in [2.24, 2.45) is 12.8 Å². The Kier molecular flexibility index (Phi) is 3.73. The van der Waals surface area contributed by atoms with Gasteiger partial charge >= 0.3 is 0 Å².